The van der Waals surface area contributed by atoms with Gasteiger partial charge in [0.2, 0.25) is 5.13 Å². The minimum absolute atomic E-state index is 0.142. The van der Waals surface area contributed by atoms with E-state index in [0.29, 0.717) is 22.4 Å². The Morgan fingerprint density at radius 2 is 2.03 bits per heavy atom. The van der Waals surface area contributed by atoms with Crippen LogP contribution < -0.4 is 10.1 Å². The van der Waals surface area contributed by atoms with Gasteiger partial charge in [-0.15, -0.1) is 0 Å². The Bertz CT molecular complexity index is 1190. The van der Waals surface area contributed by atoms with Crippen molar-refractivity contribution in [2.45, 2.75) is 29.9 Å². The molecule has 11 heteroatoms. The van der Waals surface area contributed by atoms with Crippen molar-refractivity contribution in [2.75, 3.05) is 11.9 Å². The largest absolute Gasteiger partial charge is 0.451 e. The zero-order valence-corrected chi connectivity index (χ0v) is 18.9. The van der Waals surface area contributed by atoms with Crippen molar-refractivity contribution in [1.82, 2.24) is 24.3 Å². The number of nitrogens with zero attached hydrogens (tertiary/aromatic N) is 5. The summed E-state index contributed by atoms with van der Waals surface area (Å²) in [7, 11) is 0. The zero-order valence-electron chi connectivity index (χ0n) is 17.3. The first-order valence-corrected chi connectivity index (χ1v) is 11.2. The van der Waals surface area contributed by atoms with Gasteiger partial charge in [-0.3, -0.25) is 4.98 Å². The summed E-state index contributed by atoms with van der Waals surface area (Å²) in [6.07, 6.45) is 4.04. The molecule has 164 valence electrons. The first-order chi connectivity index (χ1) is 15.5. The van der Waals surface area contributed by atoms with Crippen LogP contribution in [-0.4, -0.2) is 41.1 Å². The van der Waals surface area contributed by atoms with Gasteiger partial charge in [-0.25, -0.2) is 15.0 Å². The molecule has 4 aromatic rings. The second-order valence-electron chi connectivity index (χ2n) is 6.71. The Morgan fingerprint density at radius 3 is 2.78 bits per heavy atom. The predicted molar refractivity (Wildman–Crippen MR) is 122 cm³/mol. The molecule has 0 saturated heterocycles. The highest BCUT2D eigenvalue weighted by atomic mass is 32.2. The highest BCUT2D eigenvalue weighted by Crippen LogP contribution is 2.37. The van der Waals surface area contributed by atoms with Gasteiger partial charge in [0.15, 0.2) is 23.1 Å². The Morgan fingerprint density at radius 1 is 1.16 bits per heavy atom. The third kappa shape index (κ3) is 5.19. The molecule has 0 aromatic carbocycles. The van der Waals surface area contributed by atoms with E-state index in [-0.39, 0.29) is 5.82 Å². The minimum atomic E-state index is -1.14. The van der Waals surface area contributed by atoms with Crippen LogP contribution in [0.15, 0.2) is 58.8 Å². The van der Waals surface area contributed by atoms with E-state index in [4.69, 9.17) is 9.84 Å². The SMILES string of the molecule is Cc1ccnc(C)c1Oc1cc(Sc2ccccn2)cnc1Nc1nc([C@H](O)CO)ns1. The van der Waals surface area contributed by atoms with Crippen molar-refractivity contribution >= 4 is 34.2 Å². The normalized spacial score (nSPS) is 11.9. The maximum atomic E-state index is 9.74. The summed E-state index contributed by atoms with van der Waals surface area (Å²) in [5.74, 6) is 1.69. The van der Waals surface area contributed by atoms with Gasteiger partial charge in [-0.1, -0.05) is 17.8 Å². The summed E-state index contributed by atoms with van der Waals surface area (Å²) < 4.78 is 10.3. The van der Waals surface area contributed by atoms with E-state index < -0.39 is 12.7 Å². The molecular weight excluding hydrogens is 448 g/mol. The summed E-state index contributed by atoms with van der Waals surface area (Å²) in [5, 5.41) is 23.2. The lowest BCUT2D eigenvalue weighted by atomic mass is 10.2. The van der Waals surface area contributed by atoms with Crippen molar-refractivity contribution in [2.24, 2.45) is 0 Å². The molecule has 0 fully saturated rings. The van der Waals surface area contributed by atoms with Crippen LogP contribution in [0.2, 0.25) is 0 Å². The van der Waals surface area contributed by atoms with E-state index in [1.807, 2.05) is 44.2 Å². The molecule has 0 aliphatic heterocycles. The quantitative estimate of drug-likeness (QED) is 0.348. The monoisotopic (exact) mass is 468 g/mol. The minimum Gasteiger partial charge on any atom is -0.451 e. The first-order valence-electron chi connectivity index (χ1n) is 9.62. The number of aliphatic hydroxyl groups excluding tert-OH is 2. The second kappa shape index (κ2) is 10.0. The third-order valence-corrected chi connectivity index (χ3v) is 5.87. The predicted octanol–water partition coefficient (Wildman–Crippen LogP) is 4.05. The average molecular weight is 469 g/mol. The molecule has 0 radical (unpaired) electrons. The van der Waals surface area contributed by atoms with Crippen molar-refractivity contribution in [3.8, 4) is 11.5 Å². The number of pyridine rings is 3. The average Bonchev–Trinajstić information content (AvgIpc) is 3.27. The van der Waals surface area contributed by atoms with E-state index in [1.54, 1.807) is 18.6 Å². The van der Waals surface area contributed by atoms with E-state index >= 15 is 0 Å². The highest BCUT2D eigenvalue weighted by Gasteiger charge is 2.17. The first kappa shape index (κ1) is 22.1. The van der Waals surface area contributed by atoms with E-state index in [2.05, 4.69) is 29.6 Å². The van der Waals surface area contributed by atoms with Crippen molar-refractivity contribution in [1.29, 1.82) is 0 Å². The lowest BCUT2D eigenvalue weighted by Crippen LogP contribution is -2.05. The number of rotatable bonds is 8. The molecule has 3 N–H and O–H groups in total. The Balaban J connectivity index is 1.67. The van der Waals surface area contributed by atoms with Crippen LogP contribution in [0.1, 0.15) is 23.2 Å². The van der Waals surface area contributed by atoms with Gasteiger partial charge in [0, 0.05) is 41.1 Å². The second-order valence-corrected chi connectivity index (χ2v) is 8.56. The maximum Gasteiger partial charge on any atom is 0.208 e. The van der Waals surface area contributed by atoms with Crippen LogP contribution >= 0.6 is 23.3 Å². The van der Waals surface area contributed by atoms with E-state index in [0.717, 1.165) is 32.7 Å². The van der Waals surface area contributed by atoms with Gasteiger partial charge in [-0.2, -0.15) is 4.37 Å². The van der Waals surface area contributed by atoms with Crippen molar-refractivity contribution < 1.29 is 14.9 Å². The van der Waals surface area contributed by atoms with Crippen LogP contribution in [0, 0.1) is 13.8 Å². The molecule has 4 heterocycles. The molecule has 4 aromatic heterocycles. The number of nitrogens with one attached hydrogen (secondary N) is 1. The topological polar surface area (TPSA) is 126 Å². The number of ether oxygens (including phenoxy) is 1. The smallest absolute Gasteiger partial charge is 0.208 e. The fourth-order valence-electron chi connectivity index (χ4n) is 2.73. The molecule has 32 heavy (non-hydrogen) atoms. The van der Waals surface area contributed by atoms with E-state index in [9.17, 15) is 5.11 Å². The summed E-state index contributed by atoms with van der Waals surface area (Å²) in [6, 6.07) is 9.45. The van der Waals surface area contributed by atoms with Crippen LogP contribution in [0.25, 0.3) is 0 Å². The van der Waals surface area contributed by atoms with Crippen molar-refractivity contribution in [3.63, 3.8) is 0 Å². The lowest BCUT2D eigenvalue weighted by Gasteiger charge is -2.15. The van der Waals surface area contributed by atoms with Gasteiger partial charge in [0.05, 0.1) is 12.3 Å². The Kier molecular flexibility index (Phi) is 6.90. The van der Waals surface area contributed by atoms with E-state index in [1.165, 1.54) is 11.8 Å². The summed E-state index contributed by atoms with van der Waals surface area (Å²) in [4.78, 5) is 18.2. The van der Waals surface area contributed by atoms with Gasteiger partial charge in [0.25, 0.3) is 0 Å². The molecular formula is C21H20N6O3S2. The molecule has 4 rings (SSSR count). The molecule has 0 aliphatic carbocycles. The maximum absolute atomic E-state index is 9.74. The van der Waals surface area contributed by atoms with Crippen molar-refractivity contribution in [3.05, 3.63) is 66.0 Å². The highest BCUT2D eigenvalue weighted by molar-refractivity contribution is 7.99. The molecule has 1 atom stereocenters. The number of aliphatic hydroxyl groups is 2. The zero-order chi connectivity index (χ0) is 22.5. The van der Waals surface area contributed by atoms with Crippen LogP contribution in [-0.2, 0) is 0 Å². The standard InChI is InChI=1S/C21H20N6O3S2/c1-12-6-8-22-13(2)18(12)30-16-9-14(31-17-5-3-4-7-23-17)10-24-20(16)26-21-25-19(27-32-21)15(29)11-28/h3-10,15,28-29H,11H2,1-2H3,(H,24,25,26,27)/t15-/m1/s1. The van der Waals surface area contributed by atoms with Crippen LogP contribution in [0.3, 0.4) is 0 Å². The Labute approximate surface area is 192 Å². The van der Waals surface area contributed by atoms with Gasteiger partial charge < -0.3 is 20.3 Å². The fourth-order valence-corrected chi connectivity index (χ4v) is 4.12. The van der Waals surface area contributed by atoms with Gasteiger partial charge in [-0.05, 0) is 37.6 Å². The molecule has 0 bridgehead atoms. The van der Waals surface area contributed by atoms with Crippen LogP contribution in [0.5, 0.6) is 11.5 Å². The molecule has 0 amide bonds. The molecule has 0 aliphatic rings. The number of aromatic nitrogens is 5. The molecule has 0 unspecified atom stereocenters. The summed E-state index contributed by atoms with van der Waals surface area (Å²) >= 11 is 2.51. The third-order valence-electron chi connectivity index (χ3n) is 4.32. The number of hydrogen-bond acceptors (Lipinski definition) is 11. The molecule has 0 saturated carbocycles. The molecule has 0 spiro atoms. The number of hydrogen-bond donors (Lipinski definition) is 3. The lowest BCUT2D eigenvalue weighted by molar-refractivity contribution is 0.0897. The van der Waals surface area contributed by atoms with Gasteiger partial charge >= 0.3 is 0 Å². The number of anilines is 2. The fraction of sp³-hybridized carbons (Fsp3) is 0.190. The Hall–Kier alpha value is -3.12. The summed E-state index contributed by atoms with van der Waals surface area (Å²) in [5.41, 5.74) is 1.69. The molecule has 9 nitrogen and oxygen atoms in total. The summed E-state index contributed by atoms with van der Waals surface area (Å²) in [6.45, 7) is 3.37. The number of aryl methyl sites for hydroxylation is 2. The van der Waals surface area contributed by atoms with Gasteiger partial charge in [0.1, 0.15) is 11.1 Å². The van der Waals surface area contributed by atoms with Crippen LogP contribution in [0.4, 0.5) is 10.9 Å².